The van der Waals surface area contributed by atoms with Gasteiger partial charge in [-0.05, 0) is 25.8 Å². The Morgan fingerprint density at radius 1 is 1.67 bits per heavy atom. The molecule has 5 heteroatoms. The summed E-state index contributed by atoms with van der Waals surface area (Å²) >= 11 is 5.96. The molecular weight excluding hydrogens is 212 g/mol. The van der Waals surface area contributed by atoms with Gasteiger partial charge in [0.05, 0.1) is 0 Å². The maximum atomic E-state index is 5.96. The van der Waals surface area contributed by atoms with E-state index >= 15 is 0 Å². The summed E-state index contributed by atoms with van der Waals surface area (Å²) in [6.45, 7) is 4.55. The molecule has 0 aliphatic carbocycles. The van der Waals surface area contributed by atoms with Crippen LogP contribution in [0, 0.1) is 12.8 Å². The molecule has 1 atom stereocenters. The van der Waals surface area contributed by atoms with Crippen molar-refractivity contribution in [3.05, 3.63) is 16.9 Å². The predicted molar refractivity (Wildman–Crippen MR) is 61.2 cm³/mol. The van der Waals surface area contributed by atoms with Crippen molar-refractivity contribution in [3.63, 3.8) is 0 Å². The number of hydrogen-bond donors (Lipinski definition) is 1. The van der Waals surface area contributed by atoms with Crippen molar-refractivity contribution >= 4 is 17.5 Å². The number of nitrogens with two attached hydrogens (primary N) is 1. The van der Waals surface area contributed by atoms with Crippen LogP contribution in [-0.4, -0.2) is 29.6 Å². The van der Waals surface area contributed by atoms with Gasteiger partial charge in [0.1, 0.15) is 5.15 Å². The highest BCUT2D eigenvalue weighted by Crippen LogP contribution is 2.21. The molecule has 2 N–H and O–H groups in total. The van der Waals surface area contributed by atoms with E-state index in [2.05, 4.69) is 14.9 Å². The zero-order chi connectivity index (χ0) is 10.8. The Bertz CT molecular complexity index is 355. The highest BCUT2D eigenvalue weighted by molar-refractivity contribution is 6.30. The SMILES string of the molecule is Cc1cnc(N2CC[C@@H](CN)C2)nc1Cl. The van der Waals surface area contributed by atoms with Crippen LogP contribution in [0.1, 0.15) is 12.0 Å². The lowest BCUT2D eigenvalue weighted by Crippen LogP contribution is -2.24. The maximum absolute atomic E-state index is 5.96. The quantitative estimate of drug-likeness (QED) is 0.771. The third-order valence-electron chi connectivity index (χ3n) is 2.80. The molecule has 0 spiro atoms. The van der Waals surface area contributed by atoms with Crippen molar-refractivity contribution in [2.24, 2.45) is 11.7 Å². The third kappa shape index (κ3) is 2.21. The molecular formula is C10H15ClN4. The second-order valence-corrected chi connectivity index (χ2v) is 4.34. The van der Waals surface area contributed by atoms with Crippen LogP contribution in [0.25, 0.3) is 0 Å². The monoisotopic (exact) mass is 226 g/mol. The molecule has 15 heavy (non-hydrogen) atoms. The number of hydrogen-bond acceptors (Lipinski definition) is 4. The fourth-order valence-corrected chi connectivity index (χ4v) is 1.90. The van der Waals surface area contributed by atoms with Crippen molar-refractivity contribution in [2.45, 2.75) is 13.3 Å². The van der Waals surface area contributed by atoms with Crippen molar-refractivity contribution in [1.29, 1.82) is 0 Å². The summed E-state index contributed by atoms with van der Waals surface area (Å²) in [4.78, 5) is 10.7. The maximum Gasteiger partial charge on any atom is 0.226 e. The van der Waals surface area contributed by atoms with Gasteiger partial charge in [0.15, 0.2) is 0 Å². The highest BCUT2D eigenvalue weighted by atomic mass is 35.5. The largest absolute Gasteiger partial charge is 0.340 e. The average Bonchev–Trinajstić information content (AvgIpc) is 2.70. The van der Waals surface area contributed by atoms with Gasteiger partial charge in [-0.1, -0.05) is 11.6 Å². The fraction of sp³-hybridized carbons (Fsp3) is 0.600. The van der Waals surface area contributed by atoms with E-state index in [4.69, 9.17) is 17.3 Å². The Morgan fingerprint density at radius 3 is 3.07 bits per heavy atom. The van der Waals surface area contributed by atoms with E-state index in [1.165, 1.54) is 0 Å². The molecule has 0 radical (unpaired) electrons. The minimum Gasteiger partial charge on any atom is -0.340 e. The molecule has 1 aliphatic rings. The van der Waals surface area contributed by atoms with E-state index in [1.807, 2.05) is 6.92 Å². The summed E-state index contributed by atoms with van der Waals surface area (Å²) in [5, 5.41) is 0.538. The number of aromatic nitrogens is 2. The van der Waals surface area contributed by atoms with Gasteiger partial charge in [-0.15, -0.1) is 0 Å². The first kappa shape index (κ1) is 10.6. The first-order chi connectivity index (χ1) is 7.20. The van der Waals surface area contributed by atoms with E-state index in [9.17, 15) is 0 Å². The smallest absolute Gasteiger partial charge is 0.226 e. The Balaban J connectivity index is 2.13. The van der Waals surface area contributed by atoms with Crippen LogP contribution in [0.5, 0.6) is 0 Å². The lowest BCUT2D eigenvalue weighted by Gasteiger charge is -2.16. The molecule has 2 rings (SSSR count). The first-order valence-corrected chi connectivity index (χ1v) is 5.52. The van der Waals surface area contributed by atoms with Gasteiger partial charge in [0.2, 0.25) is 5.95 Å². The van der Waals surface area contributed by atoms with Gasteiger partial charge in [-0.2, -0.15) is 0 Å². The Kier molecular flexibility index (Phi) is 3.07. The lowest BCUT2D eigenvalue weighted by atomic mass is 10.1. The van der Waals surface area contributed by atoms with Gasteiger partial charge in [0, 0.05) is 24.8 Å². The molecule has 0 bridgehead atoms. The molecule has 1 aromatic heterocycles. The average molecular weight is 227 g/mol. The summed E-state index contributed by atoms with van der Waals surface area (Å²) in [5.41, 5.74) is 6.55. The van der Waals surface area contributed by atoms with E-state index in [0.717, 1.165) is 37.6 Å². The molecule has 0 amide bonds. The van der Waals surface area contributed by atoms with Gasteiger partial charge in [0.25, 0.3) is 0 Å². The van der Waals surface area contributed by atoms with Crippen LogP contribution in [0.4, 0.5) is 5.95 Å². The topological polar surface area (TPSA) is 55.0 Å². The Morgan fingerprint density at radius 2 is 2.47 bits per heavy atom. The zero-order valence-corrected chi connectivity index (χ0v) is 9.54. The molecule has 0 aromatic carbocycles. The summed E-state index contributed by atoms with van der Waals surface area (Å²) in [5.74, 6) is 1.29. The van der Waals surface area contributed by atoms with Gasteiger partial charge in [-0.3, -0.25) is 0 Å². The van der Waals surface area contributed by atoms with Gasteiger partial charge in [-0.25, -0.2) is 9.97 Å². The molecule has 82 valence electrons. The van der Waals surface area contributed by atoms with E-state index in [1.54, 1.807) is 6.20 Å². The molecule has 0 saturated carbocycles. The minimum absolute atomic E-state index is 0.538. The Hall–Kier alpha value is -0.870. The van der Waals surface area contributed by atoms with Crippen LogP contribution in [0.3, 0.4) is 0 Å². The normalized spacial score (nSPS) is 21.0. The zero-order valence-electron chi connectivity index (χ0n) is 8.78. The van der Waals surface area contributed by atoms with Crippen LogP contribution in [-0.2, 0) is 0 Å². The van der Waals surface area contributed by atoms with Crippen LogP contribution < -0.4 is 10.6 Å². The minimum atomic E-state index is 0.538. The lowest BCUT2D eigenvalue weighted by molar-refractivity contribution is 0.602. The molecule has 1 saturated heterocycles. The molecule has 1 aliphatic heterocycles. The third-order valence-corrected chi connectivity index (χ3v) is 3.18. The van der Waals surface area contributed by atoms with Crippen molar-refractivity contribution in [2.75, 3.05) is 24.5 Å². The van der Waals surface area contributed by atoms with E-state index in [0.29, 0.717) is 11.1 Å². The van der Waals surface area contributed by atoms with E-state index in [-0.39, 0.29) is 0 Å². The summed E-state index contributed by atoms with van der Waals surface area (Å²) in [7, 11) is 0. The number of rotatable bonds is 2. The molecule has 1 aromatic rings. The van der Waals surface area contributed by atoms with E-state index < -0.39 is 0 Å². The summed E-state index contributed by atoms with van der Waals surface area (Å²) in [6.07, 6.45) is 2.88. The summed E-state index contributed by atoms with van der Waals surface area (Å²) in [6, 6.07) is 0. The number of aryl methyl sites for hydroxylation is 1. The predicted octanol–water partition coefficient (Wildman–Crippen LogP) is 1.22. The molecule has 1 fully saturated rings. The van der Waals surface area contributed by atoms with Crippen LogP contribution in [0.2, 0.25) is 5.15 Å². The van der Waals surface area contributed by atoms with Gasteiger partial charge >= 0.3 is 0 Å². The number of nitrogens with zero attached hydrogens (tertiary/aromatic N) is 3. The van der Waals surface area contributed by atoms with Crippen molar-refractivity contribution in [1.82, 2.24) is 9.97 Å². The molecule has 2 heterocycles. The number of anilines is 1. The van der Waals surface area contributed by atoms with Crippen molar-refractivity contribution in [3.8, 4) is 0 Å². The van der Waals surface area contributed by atoms with Gasteiger partial charge < -0.3 is 10.6 Å². The second-order valence-electron chi connectivity index (χ2n) is 3.98. The van der Waals surface area contributed by atoms with Crippen molar-refractivity contribution < 1.29 is 0 Å². The number of halogens is 1. The first-order valence-electron chi connectivity index (χ1n) is 5.15. The standard InChI is InChI=1S/C10H15ClN4/c1-7-5-13-10(14-9(7)11)15-3-2-8(4-12)6-15/h5,8H,2-4,6,12H2,1H3/t8-/m0/s1. The fourth-order valence-electron chi connectivity index (χ4n) is 1.77. The van der Waals surface area contributed by atoms with Crippen LogP contribution >= 0.6 is 11.6 Å². The summed E-state index contributed by atoms with van der Waals surface area (Å²) < 4.78 is 0. The Labute approximate surface area is 94.5 Å². The molecule has 4 nitrogen and oxygen atoms in total. The highest BCUT2D eigenvalue weighted by Gasteiger charge is 2.23. The van der Waals surface area contributed by atoms with Crippen LogP contribution in [0.15, 0.2) is 6.20 Å². The molecule has 0 unspecified atom stereocenters. The second kappa shape index (κ2) is 4.33.